The molecule has 9 heteroatoms. The minimum absolute atomic E-state index is 0.237. The first-order valence-corrected chi connectivity index (χ1v) is 11.9. The Morgan fingerprint density at radius 3 is 2.63 bits per heavy atom. The molecule has 1 aromatic rings. The number of urea groups is 1. The predicted octanol–water partition coefficient (Wildman–Crippen LogP) is 2.10. The average molecular weight is 436 g/mol. The van der Waals surface area contributed by atoms with Crippen LogP contribution in [0.2, 0.25) is 0 Å². The van der Waals surface area contributed by atoms with Crippen molar-refractivity contribution in [3.8, 4) is 5.75 Å². The highest BCUT2D eigenvalue weighted by molar-refractivity contribution is 7.90. The number of nitrogens with one attached hydrogen (secondary N) is 1. The molecule has 3 atom stereocenters. The maximum absolute atomic E-state index is 12.9. The fourth-order valence-electron chi connectivity index (χ4n) is 4.58. The molecule has 1 aliphatic heterocycles. The smallest absolute Gasteiger partial charge is 0.327 e. The van der Waals surface area contributed by atoms with Gasteiger partial charge in [-0.2, -0.15) is 0 Å². The first-order chi connectivity index (χ1) is 14.1. The molecule has 2 aliphatic carbocycles. The van der Waals surface area contributed by atoms with Crippen molar-refractivity contribution < 1.29 is 22.7 Å². The SMILES string of the molecule is COc1cccc(CN2C(=O)N(C)C(=O)C3CC(S(=O)(=O)NC4(C)CC4)CCC32)c1. The minimum atomic E-state index is -3.51. The zero-order chi connectivity index (χ0) is 21.7. The van der Waals surface area contributed by atoms with Crippen molar-refractivity contribution >= 4 is 22.0 Å². The largest absolute Gasteiger partial charge is 0.497 e. The molecular weight excluding hydrogens is 406 g/mol. The van der Waals surface area contributed by atoms with Crippen LogP contribution >= 0.6 is 0 Å². The summed E-state index contributed by atoms with van der Waals surface area (Å²) < 4.78 is 33.9. The predicted molar refractivity (Wildman–Crippen MR) is 111 cm³/mol. The molecule has 0 bridgehead atoms. The second kappa shape index (κ2) is 7.53. The molecule has 3 aliphatic rings. The van der Waals surface area contributed by atoms with Crippen molar-refractivity contribution in [2.75, 3.05) is 14.2 Å². The summed E-state index contributed by atoms with van der Waals surface area (Å²) in [6.45, 7) is 2.26. The summed E-state index contributed by atoms with van der Waals surface area (Å²) in [5, 5.41) is -0.611. The van der Waals surface area contributed by atoms with Crippen LogP contribution in [0.1, 0.15) is 44.6 Å². The Morgan fingerprint density at radius 2 is 1.97 bits per heavy atom. The molecule has 2 saturated carbocycles. The van der Waals surface area contributed by atoms with E-state index in [9.17, 15) is 18.0 Å². The third kappa shape index (κ3) is 3.92. The van der Waals surface area contributed by atoms with Gasteiger partial charge in [-0.15, -0.1) is 0 Å². The van der Waals surface area contributed by atoms with Crippen molar-refractivity contribution in [3.05, 3.63) is 29.8 Å². The van der Waals surface area contributed by atoms with E-state index >= 15 is 0 Å². The van der Waals surface area contributed by atoms with Crippen LogP contribution in [0.3, 0.4) is 0 Å². The molecule has 1 N–H and O–H groups in total. The van der Waals surface area contributed by atoms with Gasteiger partial charge >= 0.3 is 6.03 Å². The highest BCUT2D eigenvalue weighted by Crippen LogP contribution is 2.40. The molecule has 0 spiro atoms. The Hall–Kier alpha value is -2.13. The molecule has 164 valence electrons. The van der Waals surface area contributed by atoms with E-state index in [1.807, 2.05) is 31.2 Å². The topological polar surface area (TPSA) is 96.0 Å². The standard InChI is InChI=1S/C21H29N3O5S/c1-21(9-10-21)22-30(27,28)16-7-8-18-17(12-16)19(25)23(2)20(26)24(18)13-14-5-4-6-15(11-14)29-3/h4-6,11,16-18,22H,7-10,12-13H2,1-3H3. The first kappa shape index (κ1) is 21.1. The first-order valence-electron chi connectivity index (χ1n) is 10.4. The summed E-state index contributed by atoms with van der Waals surface area (Å²) in [7, 11) is -0.448. The fourth-order valence-corrected chi connectivity index (χ4v) is 6.55. The number of hydrogen-bond acceptors (Lipinski definition) is 5. The number of fused-ring (bicyclic) bond motifs is 1. The summed E-state index contributed by atoms with van der Waals surface area (Å²) in [6, 6.07) is 6.85. The van der Waals surface area contributed by atoms with Gasteiger partial charge in [-0.25, -0.2) is 17.9 Å². The van der Waals surface area contributed by atoms with E-state index in [4.69, 9.17) is 4.74 Å². The number of amides is 3. The van der Waals surface area contributed by atoms with Crippen LogP contribution < -0.4 is 9.46 Å². The number of hydrogen-bond donors (Lipinski definition) is 1. The van der Waals surface area contributed by atoms with Gasteiger partial charge in [0.05, 0.1) is 18.3 Å². The molecular formula is C21H29N3O5S. The Kier molecular flexibility index (Phi) is 5.30. The van der Waals surface area contributed by atoms with Crippen LogP contribution in [0.25, 0.3) is 0 Å². The average Bonchev–Trinajstić information content (AvgIpc) is 3.45. The summed E-state index contributed by atoms with van der Waals surface area (Å²) in [4.78, 5) is 28.6. The van der Waals surface area contributed by atoms with Crippen LogP contribution in [0.5, 0.6) is 5.75 Å². The van der Waals surface area contributed by atoms with E-state index in [-0.39, 0.29) is 29.9 Å². The maximum Gasteiger partial charge on any atom is 0.327 e. The van der Waals surface area contributed by atoms with Crippen molar-refractivity contribution in [3.63, 3.8) is 0 Å². The van der Waals surface area contributed by atoms with Gasteiger partial charge in [0.1, 0.15) is 5.75 Å². The van der Waals surface area contributed by atoms with E-state index in [1.165, 1.54) is 7.05 Å². The molecule has 0 aromatic heterocycles. The molecule has 3 fully saturated rings. The van der Waals surface area contributed by atoms with Gasteiger partial charge in [0.2, 0.25) is 15.9 Å². The van der Waals surface area contributed by atoms with Gasteiger partial charge < -0.3 is 9.64 Å². The Labute approximate surface area is 177 Å². The van der Waals surface area contributed by atoms with Gasteiger partial charge in [0.15, 0.2) is 0 Å². The molecule has 3 unspecified atom stereocenters. The number of imide groups is 1. The second-order valence-corrected chi connectivity index (χ2v) is 10.9. The molecule has 30 heavy (non-hydrogen) atoms. The normalized spacial score (nSPS) is 28.3. The highest BCUT2D eigenvalue weighted by Gasteiger charge is 2.51. The van der Waals surface area contributed by atoms with Gasteiger partial charge in [0.25, 0.3) is 0 Å². The van der Waals surface area contributed by atoms with E-state index in [2.05, 4.69) is 4.72 Å². The molecule has 3 amide bonds. The lowest BCUT2D eigenvalue weighted by Crippen LogP contribution is -2.62. The number of sulfonamides is 1. The maximum atomic E-state index is 12.9. The summed E-state index contributed by atoms with van der Waals surface area (Å²) >= 11 is 0. The van der Waals surface area contributed by atoms with Crippen LogP contribution in [-0.2, 0) is 21.4 Å². The monoisotopic (exact) mass is 435 g/mol. The van der Waals surface area contributed by atoms with Crippen molar-refractivity contribution in [1.29, 1.82) is 0 Å². The van der Waals surface area contributed by atoms with E-state index in [1.54, 1.807) is 12.0 Å². The second-order valence-electron chi connectivity index (χ2n) is 8.98. The molecule has 4 rings (SSSR count). The summed E-state index contributed by atoms with van der Waals surface area (Å²) in [5.41, 5.74) is 0.569. The third-order valence-corrected chi connectivity index (χ3v) is 8.74. The number of rotatable bonds is 6. The minimum Gasteiger partial charge on any atom is -0.497 e. The number of benzene rings is 1. The Bertz CT molecular complexity index is 959. The highest BCUT2D eigenvalue weighted by atomic mass is 32.2. The third-order valence-electron chi connectivity index (χ3n) is 6.66. The van der Waals surface area contributed by atoms with Gasteiger partial charge in [-0.1, -0.05) is 12.1 Å². The van der Waals surface area contributed by atoms with Crippen molar-refractivity contribution in [2.24, 2.45) is 5.92 Å². The fraction of sp³-hybridized carbons (Fsp3) is 0.619. The number of methoxy groups -OCH3 is 1. The lowest BCUT2D eigenvalue weighted by Gasteiger charge is -2.47. The van der Waals surface area contributed by atoms with E-state index < -0.39 is 21.2 Å². The Morgan fingerprint density at radius 1 is 1.23 bits per heavy atom. The number of ether oxygens (including phenoxy) is 1. The van der Waals surface area contributed by atoms with Crippen LogP contribution in [0, 0.1) is 5.92 Å². The van der Waals surface area contributed by atoms with Crippen molar-refractivity contribution in [1.82, 2.24) is 14.5 Å². The lowest BCUT2D eigenvalue weighted by atomic mass is 9.80. The van der Waals surface area contributed by atoms with Gasteiger partial charge in [-0.05, 0) is 56.7 Å². The molecule has 1 heterocycles. The zero-order valence-corrected chi connectivity index (χ0v) is 18.4. The molecule has 0 radical (unpaired) electrons. The number of carbonyl (C=O) groups excluding carboxylic acids is 2. The van der Waals surface area contributed by atoms with Crippen LogP contribution in [0.15, 0.2) is 24.3 Å². The summed E-state index contributed by atoms with van der Waals surface area (Å²) in [6.07, 6.45) is 2.85. The van der Waals surface area contributed by atoms with Crippen LogP contribution in [-0.4, -0.2) is 61.1 Å². The molecule has 1 saturated heterocycles. The Balaban J connectivity index is 1.55. The van der Waals surface area contributed by atoms with Gasteiger partial charge in [0, 0.05) is 25.2 Å². The van der Waals surface area contributed by atoms with E-state index in [0.717, 1.165) is 23.3 Å². The number of nitrogens with zero attached hydrogens (tertiary/aromatic N) is 2. The molecule has 1 aromatic carbocycles. The molecule has 8 nitrogen and oxygen atoms in total. The van der Waals surface area contributed by atoms with Crippen LogP contribution in [0.4, 0.5) is 4.79 Å². The van der Waals surface area contributed by atoms with Crippen molar-refractivity contribution in [2.45, 2.75) is 62.4 Å². The summed E-state index contributed by atoms with van der Waals surface area (Å²) in [5.74, 6) is -0.0996. The quantitative estimate of drug-likeness (QED) is 0.738. The van der Waals surface area contributed by atoms with Gasteiger partial charge in [-0.3, -0.25) is 9.69 Å². The lowest BCUT2D eigenvalue weighted by molar-refractivity contribution is -0.139. The zero-order valence-electron chi connectivity index (χ0n) is 17.6. The van der Waals surface area contributed by atoms with E-state index in [0.29, 0.717) is 25.1 Å². The number of carbonyl (C=O) groups is 2.